The highest BCUT2D eigenvalue weighted by molar-refractivity contribution is 6.30. The van der Waals surface area contributed by atoms with E-state index in [0.717, 1.165) is 5.56 Å². The number of rotatable bonds is 11. The van der Waals surface area contributed by atoms with Crippen molar-refractivity contribution >= 4 is 23.5 Å². The molecular weight excluding hydrogens is 459 g/mol. The van der Waals surface area contributed by atoms with Crippen LogP contribution in [0.15, 0.2) is 55.1 Å². The van der Waals surface area contributed by atoms with Gasteiger partial charge in [0.2, 0.25) is 0 Å². The number of carbonyl (C=O) groups is 2. The third-order valence-corrected chi connectivity index (χ3v) is 5.80. The van der Waals surface area contributed by atoms with Crippen LogP contribution >= 0.6 is 11.6 Å². The Labute approximate surface area is 205 Å². The smallest absolute Gasteiger partial charge is 0.312 e. The molecule has 0 fully saturated rings. The number of esters is 1. The molecule has 0 aliphatic heterocycles. The van der Waals surface area contributed by atoms with E-state index in [1.54, 1.807) is 39.0 Å². The van der Waals surface area contributed by atoms with Gasteiger partial charge in [-0.2, -0.15) is 0 Å². The van der Waals surface area contributed by atoms with E-state index < -0.39 is 41.3 Å². The zero-order valence-electron chi connectivity index (χ0n) is 19.8. The van der Waals surface area contributed by atoms with Gasteiger partial charge in [0.1, 0.15) is 11.4 Å². The number of halogens is 2. The van der Waals surface area contributed by atoms with Crippen LogP contribution in [0, 0.1) is 17.2 Å². The van der Waals surface area contributed by atoms with Crippen molar-refractivity contribution in [2.45, 2.75) is 52.1 Å². The van der Waals surface area contributed by atoms with Crippen LogP contribution in [-0.4, -0.2) is 34.4 Å². The number of aliphatic hydroxyl groups excluding tert-OH is 1. The van der Waals surface area contributed by atoms with E-state index in [1.165, 1.54) is 18.2 Å². The summed E-state index contributed by atoms with van der Waals surface area (Å²) in [5.74, 6) is -2.38. The Bertz CT molecular complexity index is 1010. The van der Waals surface area contributed by atoms with Gasteiger partial charge >= 0.3 is 11.9 Å². The molecular formula is C27H32ClFO5. The first kappa shape index (κ1) is 27.5. The zero-order chi connectivity index (χ0) is 25.5. The van der Waals surface area contributed by atoms with E-state index in [0.29, 0.717) is 22.6 Å². The molecule has 7 heteroatoms. The van der Waals surface area contributed by atoms with Gasteiger partial charge < -0.3 is 14.9 Å². The monoisotopic (exact) mass is 490 g/mol. The third-order valence-electron chi connectivity index (χ3n) is 5.56. The summed E-state index contributed by atoms with van der Waals surface area (Å²) in [6.45, 7) is 8.34. The Balaban J connectivity index is 2.31. The van der Waals surface area contributed by atoms with E-state index in [-0.39, 0.29) is 19.3 Å². The predicted octanol–water partition coefficient (Wildman–Crippen LogP) is 6.07. The molecule has 5 nitrogen and oxygen atoms in total. The third kappa shape index (κ3) is 7.67. The highest BCUT2D eigenvalue weighted by atomic mass is 35.5. The summed E-state index contributed by atoms with van der Waals surface area (Å²) < 4.78 is 19.7. The number of hydrogen-bond acceptors (Lipinski definition) is 4. The Hall–Kier alpha value is -2.70. The lowest BCUT2D eigenvalue weighted by Crippen LogP contribution is -2.38. The van der Waals surface area contributed by atoms with Crippen molar-refractivity contribution < 1.29 is 28.9 Å². The van der Waals surface area contributed by atoms with Gasteiger partial charge in [-0.1, -0.05) is 41.9 Å². The normalized spacial score (nSPS) is 14.2. The molecule has 0 saturated heterocycles. The molecule has 0 aliphatic carbocycles. The predicted molar refractivity (Wildman–Crippen MR) is 131 cm³/mol. The second-order valence-corrected chi connectivity index (χ2v) is 10.1. The Morgan fingerprint density at radius 1 is 1.18 bits per heavy atom. The number of benzene rings is 2. The molecule has 184 valence electrons. The van der Waals surface area contributed by atoms with Crippen molar-refractivity contribution in [1.29, 1.82) is 0 Å². The molecule has 1 unspecified atom stereocenters. The molecule has 0 aliphatic rings. The van der Waals surface area contributed by atoms with E-state index >= 15 is 0 Å². The Kier molecular flexibility index (Phi) is 9.42. The zero-order valence-corrected chi connectivity index (χ0v) is 20.6. The fourth-order valence-electron chi connectivity index (χ4n) is 3.99. The van der Waals surface area contributed by atoms with E-state index in [1.807, 2.05) is 12.1 Å². The minimum atomic E-state index is -1.45. The molecule has 2 rings (SSSR count). The van der Waals surface area contributed by atoms with Crippen LogP contribution in [0.4, 0.5) is 4.39 Å². The van der Waals surface area contributed by atoms with Crippen LogP contribution in [0.3, 0.4) is 0 Å². The van der Waals surface area contributed by atoms with E-state index in [2.05, 4.69) is 6.58 Å². The lowest BCUT2D eigenvalue weighted by molar-refractivity contribution is -0.159. The molecule has 0 saturated carbocycles. The molecule has 2 aromatic carbocycles. The molecule has 2 N–H and O–H groups in total. The number of aliphatic hydroxyl groups is 1. The van der Waals surface area contributed by atoms with E-state index in [4.69, 9.17) is 16.3 Å². The fraction of sp³-hybridized carbons (Fsp3) is 0.407. The van der Waals surface area contributed by atoms with Crippen LogP contribution < -0.4 is 0 Å². The van der Waals surface area contributed by atoms with Gasteiger partial charge in [0, 0.05) is 17.0 Å². The van der Waals surface area contributed by atoms with Crippen molar-refractivity contribution in [3.8, 4) is 11.1 Å². The summed E-state index contributed by atoms with van der Waals surface area (Å²) in [7, 11) is 0. The number of ether oxygens (including phenoxy) is 1. The number of hydrogen-bond donors (Lipinski definition) is 2. The Morgan fingerprint density at radius 2 is 1.82 bits per heavy atom. The summed E-state index contributed by atoms with van der Waals surface area (Å²) >= 11 is 6.00. The first-order chi connectivity index (χ1) is 15.9. The van der Waals surface area contributed by atoms with Crippen LogP contribution in [0.1, 0.15) is 45.6 Å². The van der Waals surface area contributed by atoms with Gasteiger partial charge in [0.05, 0.1) is 12.0 Å². The minimum Gasteiger partial charge on any atom is -0.481 e. The maximum Gasteiger partial charge on any atom is 0.312 e. The lowest BCUT2D eigenvalue weighted by atomic mass is 9.74. The maximum absolute atomic E-state index is 14.2. The molecule has 0 amide bonds. The van der Waals surface area contributed by atoms with Crippen molar-refractivity contribution in [2.75, 3.05) is 6.61 Å². The number of aliphatic carboxylic acids is 1. The average molecular weight is 491 g/mol. The number of allylic oxidation sites excluding steroid dienone is 1. The van der Waals surface area contributed by atoms with Crippen LogP contribution in [0.2, 0.25) is 5.02 Å². The first-order valence-electron chi connectivity index (χ1n) is 11.1. The largest absolute Gasteiger partial charge is 0.481 e. The topological polar surface area (TPSA) is 83.8 Å². The molecule has 2 atom stereocenters. The molecule has 0 radical (unpaired) electrons. The molecule has 2 aromatic rings. The SMILES string of the molecule is C=CCC(CO)(C[C@H](CC(=O)OC(C)(C)C)Cc1ccc(-c2cc(Cl)ccc2F)cc1)C(=O)O. The highest BCUT2D eigenvalue weighted by Crippen LogP contribution is 2.35. The first-order valence-corrected chi connectivity index (χ1v) is 11.5. The van der Waals surface area contributed by atoms with E-state index in [9.17, 15) is 24.2 Å². The summed E-state index contributed by atoms with van der Waals surface area (Å²) in [6, 6.07) is 11.5. The molecule has 0 aromatic heterocycles. The average Bonchev–Trinajstić information content (AvgIpc) is 2.74. The van der Waals surface area contributed by atoms with Gasteiger partial charge in [0.15, 0.2) is 0 Å². The summed E-state index contributed by atoms with van der Waals surface area (Å²) in [6.07, 6.45) is 1.96. The van der Waals surface area contributed by atoms with Crippen molar-refractivity contribution in [2.24, 2.45) is 11.3 Å². The van der Waals surface area contributed by atoms with Crippen molar-refractivity contribution in [3.05, 3.63) is 71.5 Å². The Morgan fingerprint density at radius 3 is 2.35 bits per heavy atom. The van der Waals surface area contributed by atoms with Gasteiger partial charge in [-0.3, -0.25) is 9.59 Å². The van der Waals surface area contributed by atoms with Gasteiger partial charge in [-0.05, 0) is 75.3 Å². The molecule has 0 bridgehead atoms. The van der Waals surface area contributed by atoms with Gasteiger partial charge in [0.25, 0.3) is 0 Å². The molecule has 34 heavy (non-hydrogen) atoms. The summed E-state index contributed by atoms with van der Waals surface area (Å²) in [5, 5.41) is 20.2. The molecule has 0 heterocycles. The van der Waals surface area contributed by atoms with Crippen LogP contribution in [0.25, 0.3) is 11.1 Å². The number of carbonyl (C=O) groups excluding carboxylic acids is 1. The summed E-state index contributed by atoms with van der Waals surface area (Å²) in [4.78, 5) is 24.6. The standard InChI is InChI=1S/C27H32ClFO5/c1-5-12-27(17-30,25(32)33)16-19(14-24(31)34-26(2,3)4)13-18-6-8-20(9-7-18)22-15-21(28)10-11-23(22)29/h5-11,15,19,30H,1,12-14,16-17H2,2-4H3,(H,32,33)/t19-,27?/m0/s1. The van der Waals surface area contributed by atoms with Crippen LogP contribution in [0.5, 0.6) is 0 Å². The fourth-order valence-corrected chi connectivity index (χ4v) is 4.16. The molecule has 0 spiro atoms. The van der Waals surface area contributed by atoms with Crippen molar-refractivity contribution in [3.63, 3.8) is 0 Å². The second kappa shape index (κ2) is 11.6. The lowest BCUT2D eigenvalue weighted by Gasteiger charge is -2.31. The highest BCUT2D eigenvalue weighted by Gasteiger charge is 2.40. The van der Waals surface area contributed by atoms with Gasteiger partial charge in [-0.25, -0.2) is 4.39 Å². The number of carboxylic acid groups (broad SMARTS) is 1. The quantitative estimate of drug-likeness (QED) is 0.295. The number of carboxylic acids is 1. The minimum absolute atomic E-state index is 0.00584. The second-order valence-electron chi connectivity index (χ2n) is 9.62. The summed E-state index contributed by atoms with van der Waals surface area (Å²) in [5.41, 5.74) is -0.254. The van der Waals surface area contributed by atoms with Crippen molar-refractivity contribution in [1.82, 2.24) is 0 Å². The maximum atomic E-state index is 14.2. The van der Waals surface area contributed by atoms with Crippen LogP contribution in [-0.2, 0) is 20.7 Å². The van der Waals surface area contributed by atoms with Gasteiger partial charge in [-0.15, -0.1) is 6.58 Å².